The van der Waals surface area contributed by atoms with Crippen LogP contribution in [0.25, 0.3) is 22.3 Å². The first-order valence-corrected chi connectivity index (χ1v) is 8.38. The van der Waals surface area contributed by atoms with Crippen molar-refractivity contribution in [1.29, 1.82) is 0 Å². The molecule has 0 fully saturated rings. The highest BCUT2D eigenvalue weighted by Crippen LogP contribution is 2.29. The van der Waals surface area contributed by atoms with E-state index in [0.29, 0.717) is 28.0 Å². The molecule has 5 nitrogen and oxygen atoms in total. The first kappa shape index (κ1) is 17.7. The summed E-state index contributed by atoms with van der Waals surface area (Å²) in [6.45, 7) is 7.09. The monoisotopic (exact) mass is 351 g/mol. The van der Waals surface area contributed by atoms with Crippen LogP contribution in [0.5, 0.6) is 0 Å². The third-order valence-corrected chi connectivity index (χ3v) is 3.82. The molecule has 0 aliphatic heterocycles. The second-order valence-corrected chi connectivity index (χ2v) is 7.06. The first-order valence-electron chi connectivity index (χ1n) is 8.38. The van der Waals surface area contributed by atoms with Crippen LogP contribution >= 0.6 is 0 Å². The fraction of sp³-hybridized carbons (Fsp3) is 0.238. The zero-order valence-corrected chi connectivity index (χ0v) is 15.3. The van der Waals surface area contributed by atoms with Crippen molar-refractivity contribution in [3.8, 4) is 11.3 Å². The highest BCUT2D eigenvalue weighted by molar-refractivity contribution is 5.97. The van der Waals surface area contributed by atoms with Crippen molar-refractivity contribution >= 4 is 22.7 Å². The lowest BCUT2D eigenvalue weighted by Crippen LogP contribution is -2.27. The normalized spacial score (nSPS) is 11.4. The van der Waals surface area contributed by atoms with Crippen molar-refractivity contribution < 1.29 is 13.9 Å². The van der Waals surface area contributed by atoms with Crippen molar-refractivity contribution in [2.45, 2.75) is 33.3 Å². The second-order valence-electron chi connectivity index (χ2n) is 7.06. The number of carbonyl (C=O) groups excluding carboxylic acids is 1. The van der Waals surface area contributed by atoms with E-state index >= 15 is 0 Å². The summed E-state index contributed by atoms with van der Waals surface area (Å²) in [7, 11) is 0. The second kappa shape index (κ2) is 6.67. The van der Waals surface area contributed by atoms with Crippen molar-refractivity contribution in [2.75, 3.05) is 5.32 Å². The molecule has 0 saturated heterocycles. The Balaban J connectivity index is 2.13. The van der Waals surface area contributed by atoms with E-state index in [4.69, 9.17) is 9.15 Å². The molecule has 1 aromatic heterocycles. The number of fused-ring (bicyclic) bond motifs is 1. The maximum absolute atomic E-state index is 12.8. The predicted octanol–water partition coefficient (Wildman–Crippen LogP) is 5.12. The SMILES string of the molecule is Cc1c(-c2ccccc2)oc2c(NC(=O)OC(C)(C)C)cccc2c1=O. The molecule has 26 heavy (non-hydrogen) atoms. The number of rotatable bonds is 2. The van der Waals surface area contributed by atoms with Gasteiger partial charge in [-0.15, -0.1) is 0 Å². The Morgan fingerprint density at radius 3 is 2.38 bits per heavy atom. The van der Waals surface area contributed by atoms with Gasteiger partial charge in [-0.3, -0.25) is 10.1 Å². The van der Waals surface area contributed by atoms with E-state index in [2.05, 4.69) is 5.32 Å². The number of nitrogens with one attached hydrogen (secondary N) is 1. The predicted molar refractivity (Wildman–Crippen MR) is 103 cm³/mol. The fourth-order valence-electron chi connectivity index (χ4n) is 2.69. The molecule has 5 heteroatoms. The zero-order chi connectivity index (χ0) is 18.9. The van der Waals surface area contributed by atoms with Gasteiger partial charge >= 0.3 is 6.09 Å². The van der Waals surface area contributed by atoms with Crippen LogP contribution in [0.15, 0.2) is 57.7 Å². The van der Waals surface area contributed by atoms with Gasteiger partial charge in [-0.2, -0.15) is 0 Å². The Morgan fingerprint density at radius 1 is 1.04 bits per heavy atom. The molecule has 3 aromatic rings. The van der Waals surface area contributed by atoms with Crippen LogP contribution in [0, 0.1) is 6.92 Å². The van der Waals surface area contributed by atoms with Gasteiger partial charge in [0.2, 0.25) is 0 Å². The molecule has 0 aliphatic rings. The van der Waals surface area contributed by atoms with E-state index in [1.165, 1.54) is 0 Å². The number of benzene rings is 2. The van der Waals surface area contributed by atoms with Crippen LogP contribution < -0.4 is 10.7 Å². The van der Waals surface area contributed by atoms with E-state index in [1.807, 2.05) is 30.3 Å². The van der Waals surface area contributed by atoms with Crippen LogP contribution in [0.2, 0.25) is 0 Å². The molecule has 1 amide bonds. The van der Waals surface area contributed by atoms with E-state index < -0.39 is 11.7 Å². The van der Waals surface area contributed by atoms with E-state index in [1.54, 1.807) is 45.9 Å². The van der Waals surface area contributed by atoms with Gasteiger partial charge in [0.15, 0.2) is 11.0 Å². The van der Waals surface area contributed by atoms with E-state index in [-0.39, 0.29) is 5.43 Å². The summed E-state index contributed by atoms with van der Waals surface area (Å²) in [5.74, 6) is 0.488. The molecule has 3 rings (SSSR count). The van der Waals surface area contributed by atoms with Crippen LogP contribution in [-0.4, -0.2) is 11.7 Å². The Hall–Kier alpha value is -3.08. The van der Waals surface area contributed by atoms with Gasteiger partial charge < -0.3 is 9.15 Å². The number of anilines is 1. The summed E-state index contributed by atoms with van der Waals surface area (Å²) < 4.78 is 11.3. The average Bonchev–Trinajstić information content (AvgIpc) is 2.57. The van der Waals surface area contributed by atoms with Gasteiger partial charge in [0.05, 0.1) is 11.1 Å². The van der Waals surface area contributed by atoms with Gasteiger partial charge in [-0.25, -0.2) is 4.79 Å². The molecule has 0 saturated carbocycles. The zero-order valence-electron chi connectivity index (χ0n) is 15.3. The largest absolute Gasteiger partial charge is 0.453 e. The summed E-state index contributed by atoms with van der Waals surface area (Å²) in [6.07, 6.45) is -0.602. The number of ether oxygens (including phenoxy) is 1. The Morgan fingerprint density at radius 2 is 1.73 bits per heavy atom. The van der Waals surface area contributed by atoms with Crippen molar-refractivity contribution in [2.24, 2.45) is 0 Å². The molecule has 1 N–H and O–H groups in total. The first-order chi connectivity index (χ1) is 12.3. The van der Waals surface area contributed by atoms with Crippen molar-refractivity contribution in [1.82, 2.24) is 0 Å². The van der Waals surface area contributed by atoms with E-state index in [9.17, 15) is 9.59 Å². The fourth-order valence-corrected chi connectivity index (χ4v) is 2.69. The maximum Gasteiger partial charge on any atom is 0.412 e. The number of hydrogen-bond acceptors (Lipinski definition) is 4. The summed E-state index contributed by atoms with van der Waals surface area (Å²) in [5.41, 5.74) is 1.30. The van der Waals surface area contributed by atoms with Gasteiger partial charge in [0.25, 0.3) is 0 Å². The molecule has 0 spiro atoms. The highest BCUT2D eigenvalue weighted by atomic mass is 16.6. The van der Waals surface area contributed by atoms with Crippen LogP contribution in [0.4, 0.5) is 10.5 Å². The molecular formula is C21H21NO4. The highest BCUT2D eigenvalue weighted by Gasteiger charge is 2.19. The minimum atomic E-state index is -0.624. The third-order valence-electron chi connectivity index (χ3n) is 3.82. The Labute approximate surface area is 151 Å². The van der Waals surface area contributed by atoms with Crippen molar-refractivity contribution in [3.05, 3.63) is 64.3 Å². The lowest BCUT2D eigenvalue weighted by molar-refractivity contribution is 0.0636. The molecule has 1 heterocycles. The van der Waals surface area contributed by atoms with Gasteiger partial charge in [-0.05, 0) is 39.8 Å². The Kier molecular flexibility index (Phi) is 4.55. The van der Waals surface area contributed by atoms with Crippen LogP contribution in [0.1, 0.15) is 26.3 Å². The van der Waals surface area contributed by atoms with Gasteiger partial charge in [0.1, 0.15) is 11.4 Å². The maximum atomic E-state index is 12.8. The lowest BCUT2D eigenvalue weighted by atomic mass is 10.1. The number of para-hydroxylation sites is 1. The van der Waals surface area contributed by atoms with Crippen LogP contribution in [-0.2, 0) is 4.74 Å². The molecule has 0 unspecified atom stereocenters. The van der Waals surface area contributed by atoms with Crippen LogP contribution in [0.3, 0.4) is 0 Å². The molecule has 0 aliphatic carbocycles. The Bertz CT molecular complexity index is 1010. The smallest absolute Gasteiger partial charge is 0.412 e. The molecule has 0 radical (unpaired) electrons. The average molecular weight is 351 g/mol. The molecule has 0 atom stereocenters. The molecule has 2 aromatic carbocycles. The number of amides is 1. The molecule has 134 valence electrons. The quantitative estimate of drug-likeness (QED) is 0.696. The van der Waals surface area contributed by atoms with E-state index in [0.717, 1.165) is 5.56 Å². The van der Waals surface area contributed by atoms with Gasteiger partial charge in [0, 0.05) is 11.1 Å². The minimum Gasteiger partial charge on any atom is -0.453 e. The van der Waals surface area contributed by atoms with Gasteiger partial charge in [-0.1, -0.05) is 36.4 Å². The third kappa shape index (κ3) is 3.61. The summed E-state index contributed by atoms with van der Waals surface area (Å²) in [5, 5.41) is 3.09. The molecular weight excluding hydrogens is 330 g/mol. The summed E-state index contributed by atoms with van der Waals surface area (Å²) in [6, 6.07) is 14.5. The summed E-state index contributed by atoms with van der Waals surface area (Å²) >= 11 is 0. The molecule has 0 bridgehead atoms. The number of carbonyl (C=O) groups is 1. The number of hydrogen-bond donors (Lipinski definition) is 1. The minimum absolute atomic E-state index is 0.127. The summed E-state index contributed by atoms with van der Waals surface area (Å²) in [4.78, 5) is 24.9. The lowest BCUT2D eigenvalue weighted by Gasteiger charge is -2.20. The standard InChI is InChI=1S/C21H21NO4/c1-13-17(23)15-11-8-12-16(22-20(24)26-21(2,3)4)19(15)25-18(13)14-9-6-5-7-10-14/h5-12H,1-4H3,(H,22,24). The topological polar surface area (TPSA) is 68.5 Å². The van der Waals surface area contributed by atoms with Crippen molar-refractivity contribution in [3.63, 3.8) is 0 Å².